The highest BCUT2D eigenvalue weighted by atomic mass is 16.7. The molecule has 2 aliphatic heterocycles. The van der Waals surface area contributed by atoms with Gasteiger partial charge in [-0.05, 0) is 38.0 Å². The van der Waals surface area contributed by atoms with Crippen LogP contribution in [-0.4, -0.2) is 41.8 Å². The van der Waals surface area contributed by atoms with Gasteiger partial charge in [0, 0.05) is 18.7 Å². The average Bonchev–Trinajstić information content (AvgIpc) is 2.94. The highest BCUT2D eigenvalue weighted by molar-refractivity contribution is 5.95. The minimum atomic E-state index is -0.794. The predicted octanol–water partition coefficient (Wildman–Crippen LogP) is 1.74. The van der Waals surface area contributed by atoms with E-state index in [0.29, 0.717) is 43.0 Å². The molecule has 1 fully saturated rings. The summed E-state index contributed by atoms with van der Waals surface area (Å²) in [6, 6.07) is 5.11. The van der Waals surface area contributed by atoms with Crippen molar-refractivity contribution >= 4 is 11.9 Å². The van der Waals surface area contributed by atoms with E-state index in [0.717, 1.165) is 0 Å². The van der Waals surface area contributed by atoms with E-state index in [1.807, 2.05) is 0 Å². The summed E-state index contributed by atoms with van der Waals surface area (Å²) in [6.07, 6.45) is 0.942. The van der Waals surface area contributed by atoms with Gasteiger partial charge < -0.3 is 19.5 Å². The number of piperidine rings is 1. The number of amides is 1. The maximum absolute atomic E-state index is 12.5. The van der Waals surface area contributed by atoms with Crippen LogP contribution < -0.4 is 9.47 Å². The maximum Gasteiger partial charge on any atom is 0.309 e. The molecule has 0 radical (unpaired) electrons. The quantitative estimate of drug-likeness (QED) is 0.898. The lowest BCUT2D eigenvalue weighted by Crippen LogP contribution is -2.45. The summed E-state index contributed by atoms with van der Waals surface area (Å²) in [5.41, 5.74) is -0.191. The number of carboxylic acids is 1. The number of nitrogens with zero attached hydrogens (tertiary/aromatic N) is 1. The van der Waals surface area contributed by atoms with Gasteiger partial charge in [-0.3, -0.25) is 9.59 Å². The molecule has 0 spiro atoms. The van der Waals surface area contributed by atoms with E-state index in [4.69, 9.17) is 9.47 Å². The third kappa shape index (κ3) is 2.41. The molecule has 1 aromatic carbocycles. The van der Waals surface area contributed by atoms with Crippen molar-refractivity contribution in [3.05, 3.63) is 23.8 Å². The Morgan fingerprint density at radius 1 is 1.19 bits per heavy atom. The second-order valence-corrected chi connectivity index (χ2v) is 5.73. The Balaban J connectivity index is 1.71. The molecule has 1 saturated heterocycles. The number of hydrogen-bond acceptors (Lipinski definition) is 4. The van der Waals surface area contributed by atoms with Gasteiger partial charge in [0.25, 0.3) is 5.91 Å². The number of ether oxygens (including phenoxy) is 2. The Bertz CT molecular complexity index is 590. The zero-order valence-electron chi connectivity index (χ0n) is 11.8. The van der Waals surface area contributed by atoms with Gasteiger partial charge >= 0.3 is 5.97 Å². The Morgan fingerprint density at radius 2 is 1.86 bits per heavy atom. The van der Waals surface area contributed by atoms with Crippen LogP contribution in [0.25, 0.3) is 0 Å². The summed E-state index contributed by atoms with van der Waals surface area (Å²) in [6.45, 7) is 2.82. The lowest BCUT2D eigenvalue weighted by Gasteiger charge is -2.36. The first-order chi connectivity index (χ1) is 9.99. The molecular formula is C15H17NO5. The molecule has 0 saturated carbocycles. The number of rotatable bonds is 2. The largest absolute Gasteiger partial charge is 0.481 e. The number of benzene rings is 1. The van der Waals surface area contributed by atoms with E-state index in [1.54, 1.807) is 30.0 Å². The van der Waals surface area contributed by atoms with Crippen molar-refractivity contribution in [3.8, 4) is 11.5 Å². The highest BCUT2D eigenvalue weighted by Crippen LogP contribution is 2.34. The Morgan fingerprint density at radius 3 is 2.52 bits per heavy atom. The van der Waals surface area contributed by atoms with Crippen molar-refractivity contribution in [2.24, 2.45) is 5.41 Å². The molecule has 0 unspecified atom stereocenters. The number of fused-ring (bicyclic) bond motifs is 1. The van der Waals surface area contributed by atoms with Crippen LogP contribution in [0.4, 0.5) is 0 Å². The molecule has 1 N–H and O–H groups in total. The highest BCUT2D eigenvalue weighted by Gasteiger charge is 2.38. The van der Waals surface area contributed by atoms with Crippen LogP contribution in [0.3, 0.4) is 0 Å². The molecule has 6 nitrogen and oxygen atoms in total. The number of likely N-dealkylation sites (tertiary alicyclic amines) is 1. The number of aliphatic carboxylic acids is 1. The zero-order valence-corrected chi connectivity index (χ0v) is 11.8. The summed E-state index contributed by atoms with van der Waals surface area (Å²) in [5.74, 6) is 0.329. The normalized spacial score (nSPS) is 19.4. The van der Waals surface area contributed by atoms with Crippen LogP contribution >= 0.6 is 0 Å². The number of carbonyl (C=O) groups excluding carboxylic acids is 1. The third-order valence-electron chi connectivity index (χ3n) is 4.29. The van der Waals surface area contributed by atoms with Gasteiger partial charge in [0.1, 0.15) is 0 Å². The second kappa shape index (κ2) is 4.95. The van der Waals surface area contributed by atoms with Crippen LogP contribution in [0.1, 0.15) is 30.1 Å². The second-order valence-electron chi connectivity index (χ2n) is 5.73. The first-order valence-electron chi connectivity index (χ1n) is 6.92. The van der Waals surface area contributed by atoms with Crippen LogP contribution in [-0.2, 0) is 4.79 Å². The van der Waals surface area contributed by atoms with Crippen molar-refractivity contribution in [2.45, 2.75) is 19.8 Å². The van der Waals surface area contributed by atoms with E-state index in [9.17, 15) is 14.7 Å². The van der Waals surface area contributed by atoms with Gasteiger partial charge in [-0.25, -0.2) is 0 Å². The predicted molar refractivity (Wildman–Crippen MR) is 73.4 cm³/mol. The van der Waals surface area contributed by atoms with Gasteiger partial charge in [0.15, 0.2) is 11.5 Å². The van der Waals surface area contributed by atoms with E-state index in [2.05, 4.69) is 0 Å². The van der Waals surface area contributed by atoms with E-state index < -0.39 is 11.4 Å². The Kier molecular flexibility index (Phi) is 3.23. The van der Waals surface area contributed by atoms with Crippen LogP contribution in [0.2, 0.25) is 0 Å². The summed E-state index contributed by atoms with van der Waals surface area (Å²) in [4.78, 5) is 25.4. The van der Waals surface area contributed by atoms with Crippen molar-refractivity contribution in [1.82, 2.24) is 4.90 Å². The fraction of sp³-hybridized carbons (Fsp3) is 0.467. The molecule has 2 aliphatic rings. The Labute approximate surface area is 122 Å². The van der Waals surface area contributed by atoms with E-state index >= 15 is 0 Å². The van der Waals surface area contributed by atoms with Crippen molar-refractivity contribution in [3.63, 3.8) is 0 Å². The zero-order chi connectivity index (χ0) is 15.0. The van der Waals surface area contributed by atoms with E-state index in [-0.39, 0.29) is 12.7 Å². The lowest BCUT2D eigenvalue weighted by molar-refractivity contribution is -0.150. The molecule has 1 amide bonds. The summed E-state index contributed by atoms with van der Waals surface area (Å²) < 4.78 is 10.5. The van der Waals surface area contributed by atoms with Gasteiger partial charge in [-0.15, -0.1) is 0 Å². The summed E-state index contributed by atoms with van der Waals surface area (Å²) >= 11 is 0. The van der Waals surface area contributed by atoms with Crippen molar-refractivity contribution < 1.29 is 24.2 Å². The average molecular weight is 291 g/mol. The van der Waals surface area contributed by atoms with Crippen LogP contribution in [0.15, 0.2) is 18.2 Å². The van der Waals surface area contributed by atoms with E-state index in [1.165, 1.54) is 0 Å². The number of carbonyl (C=O) groups is 2. The minimum Gasteiger partial charge on any atom is -0.481 e. The molecule has 0 aromatic heterocycles. The molecule has 0 aliphatic carbocycles. The fourth-order valence-corrected chi connectivity index (χ4v) is 2.63. The topological polar surface area (TPSA) is 76.1 Å². The van der Waals surface area contributed by atoms with Gasteiger partial charge in [0.05, 0.1) is 5.41 Å². The number of hydrogen-bond donors (Lipinski definition) is 1. The monoisotopic (exact) mass is 291 g/mol. The minimum absolute atomic E-state index is 0.0965. The molecule has 0 bridgehead atoms. The molecule has 2 heterocycles. The molecule has 6 heteroatoms. The molecule has 112 valence electrons. The SMILES string of the molecule is CC1(C(=O)O)CCN(C(=O)c2ccc3c(c2)OCO3)CC1. The van der Waals surface area contributed by atoms with Crippen LogP contribution in [0.5, 0.6) is 11.5 Å². The third-order valence-corrected chi connectivity index (χ3v) is 4.29. The Hall–Kier alpha value is -2.24. The molecular weight excluding hydrogens is 274 g/mol. The molecule has 21 heavy (non-hydrogen) atoms. The lowest BCUT2D eigenvalue weighted by atomic mass is 9.80. The molecule has 3 rings (SSSR count). The van der Waals surface area contributed by atoms with Gasteiger partial charge in [-0.1, -0.05) is 0 Å². The first-order valence-corrected chi connectivity index (χ1v) is 6.92. The van der Waals surface area contributed by atoms with Crippen LogP contribution in [0, 0.1) is 5.41 Å². The van der Waals surface area contributed by atoms with Gasteiger partial charge in [0.2, 0.25) is 6.79 Å². The maximum atomic E-state index is 12.5. The summed E-state index contributed by atoms with van der Waals surface area (Å²) in [5, 5.41) is 9.21. The van der Waals surface area contributed by atoms with Crippen molar-refractivity contribution in [1.29, 1.82) is 0 Å². The van der Waals surface area contributed by atoms with Crippen molar-refractivity contribution in [2.75, 3.05) is 19.9 Å². The molecule has 1 aromatic rings. The first kappa shape index (κ1) is 13.7. The number of carboxylic acid groups (broad SMARTS) is 1. The molecule has 0 atom stereocenters. The fourth-order valence-electron chi connectivity index (χ4n) is 2.63. The standard InChI is InChI=1S/C15H17NO5/c1-15(14(18)19)4-6-16(7-5-15)13(17)10-2-3-11-12(8-10)21-9-20-11/h2-3,8H,4-7,9H2,1H3,(H,18,19). The smallest absolute Gasteiger partial charge is 0.309 e. The van der Waals surface area contributed by atoms with Gasteiger partial charge in [-0.2, -0.15) is 0 Å². The summed E-state index contributed by atoms with van der Waals surface area (Å²) in [7, 11) is 0.